The predicted octanol–water partition coefficient (Wildman–Crippen LogP) is 2.41. The van der Waals surface area contributed by atoms with Crippen molar-refractivity contribution in [2.24, 2.45) is 0 Å². The SMILES string of the molecule is CNc1cc(OC)c(OC)c(OC)c1Cl. The third-order valence-electron chi connectivity index (χ3n) is 2.04. The number of anilines is 1. The monoisotopic (exact) mass is 231 g/mol. The van der Waals surface area contributed by atoms with E-state index in [2.05, 4.69) is 5.32 Å². The third-order valence-corrected chi connectivity index (χ3v) is 2.41. The highest BCUT2D eigenvalue weighted by Gasteiger charge is 2.18. The maximum Gasteiger partial charge on any atom is 0.205 e. The fourth-order valence-electron chi connectivity index (χ4n) is 1.30. The van der Waals surface area contributed by atoms with Crippen molar-refractivity contribution in [1.29, 1.82) is 0 Å². The van der Waals surface area contributed by atoms with Crippen LogP contribution < -0.4 is 19.5 Å². The molecule has 0 aliphatic carbocycles. The standard InChI is InChI=1S/C10H14ClNO3/c1-12-6-5-7(13-2)9(14-3)10(15-4)8(6)11/h5,12H,1-4H3. The fourth-order valence-corrected chi connectivity index (χ4v) is 1.62. The molecule has 1 rings (SSSR count). The van der Waals surface area contributed by atoms with Crippen LogP contribution in [-0.2, 0) is 0 Å². The van der Waals surface area contributed by atoms with E-state index in [1.165, 1.54) is 14.2 Å². The molecule has 0 aliphatic rings. The average molecular weight is 232 g/mol. The Bertz CT molecular complexity index is 355. The quantitative estimate of drug-likeness (QED) is 0.864. The van der Waals surface area contributed by atoms with Gasteiger partial charge in [-0.25, -0.2) is 0 Å². The molecule has 0 amide bonds. The number of benzene rings is 1. The van der Waals surface area contributed by atoms with E-state index in [0.29, 0.717) is 22.3 Å². The van der Waals surface area contributed by atoms with Gasteiger partial charge in [0.15, 0.2) is 11.5 Å². The van der Waals surface area contributed by atoms with Crippen LogP contribution in [0.15, 0.2) is 6.07 Å². The largest absolute Gasteiger partial charge is 0.493 e. The molecule has 0 unspecified atom stereocenters. The number of hydrogen-bond acceptors (Lipinski definition) is 4. The summed E-state index contributed by atoms with van der Waals surface area (Å²) in [6.45, 7) is 0. The van der Waals surface area contributed by atoms with Gasteiger partial charge in [0.05, 0.1) is 27.0 Å². The first kappa shape index (κ1) is 11.8. The second-order valence-corrected chi connectivity index (χ2v) is 3.13. The summed E-state index contributed by atoms with van der Waals surface area (Å²) >= 11 is 6.10. The van der Waals surface area contributed by atoms with Gasteiger partial charge in [0.2, 0.25) is 5.75 Å². The van der Waals surface area contributed by atoms with Gasteiger partial charge in [0, 0.05) is 13.1 Å². The zero-order chi connectivity index (χ0) is 11.4. The topological polar surface area (TPSA) is 39.7 Å². The van der Waals surface area contributed by atoms with Gasteiger partial charge in [-0.3, -0.25) is 0 Å². The van der Waals surface area contributed by atoms with Gasteiger partial charge in [0.25, 0.3) is 0 Å². The Morgan fingerprint density at radius 1 is 1.07 bits per heavy atom. The molecule has 0 saturated heterocycles. The Kier molecular flexibility index (Phi) is 3.91. The van der Waals surface area contributed by atoms with Crippen LogP contribution in [0.1, 0.15) is 0 Å². The van der Waals surface area contributed by atoms with Crippen molar-refractivity contribution < 1.29 is 14.2 Å². The van der Waals surface area contributed by atoms with Crippen molar-refractivity contribution in [3.63, 3.8) is 0 Å². The molecule has 1 aromatic carbocycles. The number of nitrogens with one attached hydrogen (secondary N) is 1. The molecule has 0 saturated carbocycles. The molecule has 0 radical (unpaired) electrons. The van der Waals surface area contributed by atoms with Gasteiger partial charge >= 0.3 is 0 Å². The van der Waals surface area contributed by atoms with Crippen molar-refractivity contribution in [3.8, 4) is 17.2 Å². The second kappa shape index (κ2) is 4.98. The molecule has 0 bridgehead atoms. The maximum absolute atomic E-state index is 6.10. The molecule has 84 valence electrons. The summed E-state index contributed by atoms with van der Waals surface area (Å²) in [5, 5.41) is 3.42. The number of rotatable bonds is 4. The molecule has 1 N–H and O–H groups in total. The molecular weight excluding hydrogens is 218 g/mol. The molecule has 5 heteroatoms. The van der Waals surface area contributed by atoms with Crippen LogP contribution in [0.25, 0.3) is 0 Å². The van der Waals surface area contributed by atoms with E-state index in [4.69, 9.17) is 25.8 Å². The van der Waals surface area contributed by atoms with Crippen molar-refractivity contribution >= 4 is 17.3 Å². The fraction of sp³-hybridized carbons (Fsp3) is 0.400. The lowest BCUT2D eigenvalue weighted by molar-refractivity contribution is 0.325. The first-order valence-electron chi connectivity index (χ1n) is 4.35. The van der Waals surface area contributed by atoms with Gasteiger partial charge < -0.3 is 19.5 Å². The highest BCUT2D eigenvalue weighted by atomic mass is 35.5. The van der Waals surface area contributed by atoms with Crippen LogP contribution in [0.2, 0.25) is 5.02 Å². The summed E-state index contributed by atoms with van der Waals surface area (Å²) in [5.74, 6) is 1.52. The molecule has 1 aromatic rings. The Balaban J connectivity index is 3.43. The van der Waals surface area contributed by atoms with E-state index in [1.807, 2.05) is 0 Å². The lowest BCUT2D eigenvalue weighted by Gasteiger charge is -2.15. The van der Waals surface area contributed by atoms with E-state index in [0.717, 1.165) is 5.69 Å². The average Bonchev–Trinajstić information content (AvgIpc) is 2.28. The molecule has 0 aromatic heterocycles. The van der Waals surface area contributed by atoms with E-state index in [-0.39, 0.29) is 0 Å². The van der Waals surface area contributed by atoms with Gasteiger partial charge in [0.1, 0.15) is 5.02 Å². The summed E-state index contributed by atoms with van der Waals surface area (Å²) in [7, 11) is 6.40. The molecule has 0 heterocycles. The molecule has 0 fully saturated rings. The first-order valence-corrected chi connectivity index (χ1v) is 4.73. The van der Waals surface area contributed by atoms with Crippen LogP contribution in [-0.4, -0.2) is 28.4 Å². The zero-order valence-corrected chi connectivity index (χ0v) is 9.94. The summed E-state index contributed by atoms with van der Waals surface area (Å²) in [6.07, 6.45) is 0. The maximum atomic E-state index is 6.10. The normalized spacial score (nSPS) is 9.67. The van der Waals surface area contributed by atoms with E-state index in [1.54, 1.807) is 20.2 Å². The number of hydrogen-bond donors (Lipinski definition) is 1. The third kappa shape index (κ3) is 2.04. The van der Waals surface area contributed by atoms with Gasteiger partial charge in [-0.1, -0.05) is 11.6 Å². The summed E-state index contributed by atoms with van der Waals surface area (Å²) in [5.41, 5.74) is 0.728. The number of methoxy groups -OCH3 is 3. The zero-order valence-electron chi connectivity index (χ0n) is 9.18. The van der Waals surface area contributed by atoms with E-state index in [9.17, 15) is 0 Å². The van der Waals surface area contributed by atoms with E-state index < -0.39 is 0 Å². The first-order chi connectivity index (χ1) is 7.19. The predicted molar refractivity (Wildman–Crippen MR) is 60.7 cm³/mol. The van der Waals surface area contributed by atoms with Crippen molar-refractivity contribution in [2.75, 3.05) is 33.7 Å². The van der Waals surface area contributed by atoms with E-state index >= 15 is 0 Å². The smallest absolute Gasteiger partial charge is 0.205 e. The molecule has 0 aliphatic heterocycles. The molecular formula is C10H14ClNO3. The Morgan fingerprint density at radius 2 is 1.67 bits per heavy atom. The van der Waals surface area contributed by atoms with Gasteiger partial charge in [-0.2, -0.15) is 0 Å². The van der Waals surface area contributed by atoms with Crippen molar-refractivity contribution in [3.05, 3.63) is 11.1 Å². The van der Waals surface area contributed by atoms with Crippen LogP contribution >= 0.6 is 11.6 Å². The highest BCUT2D eigenvalue weighted by molar-refractivity contribution is 6.35. The molecule has 0 atom stereocenters. The van der Waals surface area contributed by atoms with Crippen molar-refractivity contribution in [1.82, 2.24) is 0 Å². The summed E-state index contributed by atoms with van der Waals surface area (Å²) in [6, 6.07) is 1.75. The second-order valence-electron chi connectivity index (χ2n) is 2.76. The van der Waals surface area contributed by atoms with Crippen LogP contribution in [0.3, 0.4) is 0 Å². The summed E-state index contributed by atoms with van der Waals surface area (Å²) < 4.78 is 15.5. The van der Waals surface area contributed by atoms with Gasteiger partial charge in [-0.05, 0) is 0 Å². The van der Waals surface area contributed by atoms with Crippen LogP contribution in [0, 0.1) is 0 Å². The Labute approximate surface area is 94.1 Å². The molecule has 4 nitrogen and oxygen atoms in total. The van der Waals surface area contributed by atoms with Crippen molar-refractivity contribution in [2.45, 2.75) is 0 Å². The minimum absolute atomic E-state index is 0.461. The number of ether oxygens (including phenoxy) is 3. The Hall–Kier alpha value is -1.29. The molecule has 0 spiro atoms. The number of halogens is 1. The lowest BCUT2D eigenvalue weighted by atomic mass is 10.2. The lowest BCUT2D eigenvalue weighted by Crippen LogP contribution is -1.99. The molecule has 15 heavy (non-hydrogen) atoms. The van der Waals surface area contributed by atoms with Crippen LogP contribution in [0.4, 0.5) is 5.69 Å². The minimum Gasteiger partial charge on any atom is -0.493 e. The van der Waals surface area contributed by atoms with Crippen LogP contribution in [0.5, 0.6) is 17.2 Å². The Morgan fingerprint density at radius 3 is 2.07 bits per heavy atom. The summed E-state index contributed by atoms with van der Waals surface area (Å²) in [4.78, 5) is 0. The van der Waals surface area contributed by atoms with Gasteiger partial charge in [-0.15, -0.1) is 0 Å². The highest BCUT2D eigenvalue weighted by Crippen LogP contribution is 2.46. The minimum atomic E-state index is 0.461.